The number of urea groups is 1. The summed E-state index contributed by atoms with van der Waals surface area (Å²) in [7, 11) is 5.01. The average molecular weight is 469 g/mol. The van der Waals surface area contributed by atoms with Gasteiger partial charge in [0.25, 0.3) is 0 Å². The molecule has 0 fully saturated rings. The molecule has 0 aliphatic carbocycles. The summed E-state index contributed by atoms with van der Waals surface area (Å²) in [6, 6.07) is 12.0. The lowest BCUT2D eigenvalue weighted by Crippen LogP contribution is -2.47. The van der Waals surface area contributed by atoms with Crippen LogP contribution in [0, 0.1) is 0 Å². The Bertz CT molecular complexity index is 1070. The van der Waals surface area contributed by atoms with E-state index >= 15 is 0 Å². The summed E-state index contributed by atoms with van der Waals surface area (Å²) in [6.45, 7) is 4.34. The number of aryl methyl sites for hydroxylation is 1. The van der Waals surface area contributed by atoms with E-state index in [1.807, 2.05) is 49.9 Å². The number of furan rings is 1. The molecule has 0 atom stereocenters. The number of rotatable bonds is 10. The summed E-state index contributed by atoms with van der Waals surface area (Å²) in [5, 5.41) is 2.85. The van der Waals surface area contributed by atoms with Crippen LogP contribution >= 0.6 is 0 Å². The first-order valence-electron chi connectivity index (χ1n) is 11.0. The van der Waals surface area contributed by atoms with E-state index in [2.05, 4.69) is 5.32 Å². The minimum atomic E-state index is -0.393. The van der Waals surface area contributed by atoms with Crippen LogP contribution in [0.25, 0.3) is 0 Å². The molecule has 3 rings (SSSR count). The molecule has 2 aromatic heterocycles. The lowest BCUT2D eigenvalue weighted by atomic mass is 10.2. The number of nitrogens with one attached hydrogen (secondary N) is 1. The number of hydrogen-bond acceptors (Lipinski definition) is 5. The number of nitrogens with zero attached hydrogens (tertiary/aromatic N) is 3. The smallest absolute Gasteiger partial charge is 0.322 e. The molecule has 0 saturated carbocycles. The van der Waals surface area contributed by atoms with Crippen molar-refractivity contribution < 1.29 is 23.5 Å². The number of aromatic nitrogens is 1. The molecule has 2 heterocycles. The average Bonchev–Trinajstić information content (AvgIpc) is 3.47. The van der Waals surface area contributed by atoms with Gasteiger partial charge in [-0.15, -0.1) is 0 Å². The molecule has 9 nitrogen and oxygen atoms in total. The van der Waals surface area contributed by atoms with Crippen molar-refractivity contribution >= 4 is 17.6 Å². The maximum absolute atomic E-state index is 13.4. The predicted octanol–water partition coefficient (Wildman–Crippen LogP) is 4.11. The zero-order valence-electron chi connectivity index (χ0n) is 20.3. The summed E-state index contributed by atoms with van der Waals surface area (Å²) in [4.78, 5) is 29.7. The highest BCUT2D eigenvalue weighted by atomic mass is 16.5. The highest BCUT2D eigenvalue weighted by molar-refractivity contribution is 5.93. The normalized spacial score (nSPS) is 10.8. The number of methoxy groups -OCH3 is 2. The number of amides is 3. The van der Waals surface area contributed by atoms with Gasteiger partial charge in [0.2, 0.25) is 5.91 Å². The molecule has 0 unspecified atom stereocenters. The Labute approximate surface area is 199 Å². The third kappa shape index (κ3) is 6.34. The Kier molecular flexibility index (Phi) is 8.24. The zero-order chi connectivity index (χ0) is 24.7. The van der Waals surface area contributed by atoms with Crippen LogP contribution < -0.4 is 14.8 Å². The molecule has 1 N–H and O–H groups in total. The van der Waals surface area contributed by atoms with Crippen LogP contribution in [0.3, 0.4) is 0 Å². The zero-order valence-corrected chi connectivity index (χ0v) is 20.3. The highest BCUT2D eigenvalue weighted by Crippen LogP contribution is 2.26. The lowest BCUT2D eigenvalue weighted by Gasteiger charge is -2.30. The number of benzene rings is 1. The maximum Gasteiger partial charge on any atom is 0.322 e. The molecule has 0 aliphatic rings. The summed E-state index contributed by atoms with van der Waals surface area (Å²) < 4.78 is 18.0. The van der Waals surface area contributed by atoms with Crippen LogP contribution in [-0.2, 0) is 24.9 Å². The SMILES string of the molecule is COc1cc(NC(=O)N(CC(=O)N(Cc2ccco2)Cc2cccn2C)C(C)C)cc(OC)c1. The van der Waals surface area contributed by atoms with E-state index in [1.165, 1.54) is 4.90 Å². The van der Waals surface area contributed by atoms with Crippen molar-refractivity contribution in [1.82, 2.24) is 14.4 Å². The molecule has 0 bridgehead atoms. The van der Waals surface area contributed by atoms with Crippen molar-refractivity contribution in [2.45, 2.75) is 33.0 Å². The van der Waals surface area contributed by atoms with Gasteiger partial charge in [-0.1, -0.05) is 0 Å². The van der Waals surface area contributed by atoms with Crippen molar-refractivity contribution in [3.63, 3.8) is 0 Å². The first kappa shape index (κ1) is 24.8. The van der Waals surface area contributed by atoms with Gasteiger partial charge in [-0.05, 0) is 38.1 Å². The van der Waals surface area contributed by atoms with E-state index in [4.69, 9.17) is 13.9 Å². The van der Waals surface area contributed by atoms with Crippen LogP contribution in [0.15, 0.2) is 59.3 Å². The molecule has 9 heteroatoms. The quantitative estimate of drug-likeness (QED) is 0.484. The van der Waals surface area contributed by atoms with E-state index in [9.17, 15) is 9.59 Å². The molecule has 182 valence electrons. The van der Waals surface area contributed by atoms with Gasteiger partial charge in [0.1, 0.15) is 23.8 Å². The topological polar surface area (TPSA) is 89.2 Å². The Hall–Kier alpha value is -3.88. The highest BCUT2D eigenvalue weighted by Gasteiger charge is 2.25. The summed E-state index contributed by atoms with van der Waals surface area (Å²) in [5.41, 5.74) is 1.49. The van der Waals surface area contributed by atoms with Gasteiger partial charge < -0.3 is 33.6 Å². The number of carbonyl (C=O) groups excluding carboxylic acids is 2. The number of ether oxygens (including phenoxy) is 2. The predicted molar refractivity (Wildman–Crippen MR) is 129 cm³/mol. The van der Waals surface area contributed by atoms with Gasteiger partial charge in [-0.25, -0.2) is 4.79 Å². The molecule has 0 spiro atoms. The van der Waals surface area contributed by atoms with E-state index in [0.29, 0.717) is 36.0 Å². The standard InChI is InChI=1S/C25H32N4O5/c1-18(2)29(25(31)26-19-12-22(32-4)14-23(13-19)33-5)17-24(30)28(16-21-9-7-11-34-21)15-20-8-6-10-27(20)3/h6-14,18H,15-17H2,1-5H3,(H,26,31). The molecule has 34 heavy (non-hydrogen) atoms. The fourth-order valence-electron chi connectivity index (χ4n) is 3.49. The van der Waals surface area contributed by atoms with Gasteiger partial charge in [0.15, 0.2) is 0 Å². The van der Waals surface area contributed by atoms with Crippen LogP contribution in [0.4, 0.5) is 10.5 Å². The minimum Gasteiger partial charge on any atom is -0.497 e. The molecule has 0 saturated heterocycles. The third-order valence-electron chi connectivity index (χ3n) is 5.48. The minimum absolute atomic E-state index is 0.0876. The van der Waals surface area contributed by atoms with Crippen LogP contribution in [0.1, 0.15) is 25.3 Å². The van der Waals surface area contributed by atoms with Gasteiger partial charge in [-0.3, -0.25) is 4.79 Å². The first-order chi connectivity index (χ1) is 16.3. The second kappa shape index (κ2) is 11.3. The van der Waals surface area contributed by atoms with E-state index in [0.717, 1.165) is 5.69 Å². The van der Waals surface area contributed by atoms with Gasteiger partial charge >= 0.3 is 6.03 Å². The number of carbonyl (C=O) groups is 2. The Morgan fingerprint density at radius 1 is 1.06 bits per heavy atom. The number of anilines is 1. The lowest BCUT2D eigenvalue weighted by molar-refractivity contribution is -0.133. The second-order valence-electron chi connectivity index (χ2n) is 8.19. The van der Waals surface area contributed by atoms with E-state index in [-0.39, 0.29) is 18.5 Å². The van der Waals surface area contributed by atoms with Gasteiger partial charge in [0, 0.05) is 48.9 Å². The molecule has 3 amide bonds. The van der Waals surface area contributed by atoms with Crippen LogP contribution in [-0.4, -0.2) is 53.1 Å². The van der Waals surface area contributed by atoms with Crippen molar-refractivity contribution in [1.29, 1.82) is 0 Å². The largest absolute Gasteiger partial charge is 0.497 e. The van der Waals surface area contributed by atoms with E-state index in [1.54, 1.807) is 49.6 Å². The monoisotopic (exact) mass is 468 g/mol. The molecule has 0 aliphatic heterocycles. The van der Waals surface area contributed by atoms with E-state index < -0.39 is 6.03 Å². The summed E-state index contributed by atoms with van der Waals surface area (Å²) in [6.07, 6.45) is 3.51. The van der Waals surface area contributed by atoms with Gasteiger partial charge in [0.05, 0.1) is 33.6 Å². The first-order valence-corrected chi connectivity index (χ1v) is 11.0. The summed E-state index contributed by atoms with van der Waals surface area (Å²) >= 11 is 0. The fourth-order valence-corrected chi connectivity index (χ4v) is 3.49. The van der Waals surface area contributed by atoms with Gasteiger partial charge in [-0.2, -0.15) is 0 Å². The van der Waals surface area contributed by atoms with Crippen molar-refractivity contribution in [3.05, 3.63) is 66.4 Å². The molecule has 0 radical (unpaired) electrons. The van der Waals surface area contributed by atoms with Crippen molar-refractivity contribution in [2.75, 3.05) is 26.1 Å². The fraction of sp³-hybridized carbons (Fsp3) is 0.360. The summed E-state index contributed by atoms with van der Waals surface area (Å²) in [5.74, 6) is 1.58. The van der Waals surface area contributed by atoms with Crippen LogP contribution in [0.2, 0.25) is 0 Å². The van der Waals surface area contributed by atoms with Crippen molar-refractivity contribution in [2.24, 2.45) is 7.05 Å². The molecular formula is C25H32N4O5. The van der Waals surface area contributed by atoms with Crippen LogP contribution in [0.5, 0.6) is 11.5 Å². The Morgan fingerprint density at radius 2 is 1.76 bits per heavy atom. The third-order valence-corrected chi connectivity index (χ3v) is 5.48. The maximum atomic E-state index is 13.4. The Balaban J connectivity index is 1.76. The number of hydrogen-bond donors (Lipinski definition) is 1. The molecular weight excluding hydrogens is 436 g/mol. The molecule has 1 aromatic carbocycles. The Morgan fingerprint density at radius 3 is 2.29 bits per heavy atom. The molecule has 3 aromatic rings. The second-order valence-corrected chi connectivity index (χ2v) is 8.19. The van der Waals surface area contributed by atoms with Crippen molar-refractivity contribution in [3.8, 4) is 11.5 Å².